The summed E-state index contributed by atoms with van der Waals surface area (Å²) in [6.45, 7) is 5.84. The quantitative estimate of drug-likeness (QED) is 0.362. The van der Waals surface area contributed by atoms with E-state index in [0.29, 0.717) is 39.1 Å². The normalized spacial score (nSPS) is 20.9. The molecule has 0 saturated carbocycles. The highest BCUT2D eigenvalue weighted by Crippen LogP contribution is 2.49. The number of nitrogens with one attached hydrogen (secondary N) is 1. The van der Waals surface area contributed by atoms with Crippen LogP contribution >= 0.6 is 0 Å². The number of ether oxygens (including phenoxy) is 1. The molecule has 0 bridgehead atoms. The van der Waals surface area contributed by atoms with Gasteiger partial charge >= 0.3 is 6.03 Å². The second-order valence-electron chi connectivity index (χ2n) is 10.0. The van der Waals surface area contributed by atoms with Crippen molar-refractivity contribution in [2.75, 3.05) is 33.3 Å². The first kappa shape index (κ1) is 24.7. The van der Waals surface area contributed by atoms with Crippen LogP contribution in [0.2, 0.25) is 0 Å². The summed E-state index contributed by atoms with van der Waals surface area (Å²) >= 11 is 0. The Kier molecular flexibility index (Phi) is 6.34. The van der Waals surface area contributed by atoms with Crippen molar-refractivity contribution in [3.63, 3.8) is 0 Å². The van der Waals surface area contributed by atoms with Crippen molar-refractivity contribution in [2.45, 2.75) is 38.3 Å². The molecule has 3 aromatic rings. The van der Waals surface area contributed by atoms with Crippen LogP contribution in [0.25, 0.3) is 10.9 Å². The van der Waals surface area contributed by atoms with E-state index in [1.807, 2.05) is 50.1 Å². The number of amides is 3. The van der Waals surface area contributed by atoms with Crippen LogP contribution in [0.4, 0.5) is 4.79 Å². The Bertz CT molecular complexity index is 1410. The summed E-state index contributed by atoms with van der Waals surface area (Å²) in [7, 11) is 1.92. The topological polar surface area (TPSA) is 89.1 Å². The standard InChI is InChI=1S/C29H32N4O4/c1-5-13-31(4)14-8-15-32-27(35)29(3)18-23-22-17-21(37-6-2)11-12-24(22)30-25(23)26(33(29)28(32)36)19-9-7-10-20(34)16-19/h1,7,9-12,16-17,26,30,34H,6,8,13-15,18H2,2-4H3/t26-,29+/m1/s1. The van der Waals surface area contributed by atoms with Crippen LogP contribution in [0, 0.1) is 12.3 Å². The van der Waals surface area contributed by atoms with Crippen LogP contribution in [-0.2, 0) is 11.2 Å². The van der Waals surface area contributed by atoms with Crippen molar-refractivity contribution in [1.29, 1.82) is 0 Å². The highest BCUT2D eigenvalue weighted by atomic mass is 16.5. The Morgan fingerprint density at radius 3 is 2.81 bits per heavy atom. The SMILES string of the molecule is C#CCN(C)CCCN1C(=O)N2[C@H](c3cccc(O)c3)c3[nH]c4ccc(OCC)cc4c3C[C@@]2(C)C1=O. The molecule has 37 heavy (non-hydrogen) atoms. The minimum atomic E-state index is -1.07. The molecule has 2 atom stereocenters. The molecule has 0 spiro atoms. The number of fused-ring (bicyclic) bond motifs is 4. The van der Waals surface area contributed by atoms with Gasteiger partial charge in [0.2, 0.25) is 0 Å². The third kappa shape index (κ3) is 4.09. The number of urea groups is 1. The Hall–Kier alpha value is -3.96. The lowest BCUT2D eigenvalue weighted by atomic mass is 9.81. The number of aromatic amines is 1. The number of carbonyl (C=O) groups is 2. The smallest absolute Gasteiger partial charge is 0.328 e. The molecule has 8 heteroatoms. The van der Waals surface area contributed by atoms with Crippen LogP contribution < -0.4 is 4.74 Å². The van der Waals surface area contributed by atoms with Gasteiger partial charge in [-0.15, -0.1) is 6.42 Å². The molecule has 1 aromatic heterocycles. The number of imide groups is 1. The number of hydrogen-bond donors (Lipinski definition) is 2. The van der Waals surface area contributed by atoms with Gasteiger partial charge in [0.15, 0.2) is 0 Å². The molecule has 0 aliphatic carbocycles. The summed E-state index contributed by atoms with van der Waals surface area (Å²) < 4.78 is 5.75. The molecule has 3 heterocycles. The number of rotatable bonds is 8. The number of nitrogens with zero attached hydrogens (tertiary/aromatic N) is 3. The minimum Gasteiger partial charge on any atom is -0.508 e. The first-order valence-corrected chi connectivity index (χ1v) is 12.6. The largest absolute Gasteiger partial charge is 0.508 e. The van der Waals surface area contributed by atoms with Gasteiger partial charge in [-0.3, -0.25) is 19.5 Å². The molecule has 2 aliphatic heterocycles. The van der Waals surface area contributed by atoms with Gasteiger partial charge in [0.25, 0.3) is 5.91 Å². The molecule has 3 amide bonds. The van der Waals surface area contributed by atoms with Crippen LogP contribution in [0.3, 0.4) is 0 Å². The third-order valence-electron chi connectivity index (χ3n) is 7.42. The van der Waals surface area contributed by atoms with E-state index in [2.05, 4.69) is 10.9 Å². The number of aromatic hydroxyl groups is 1. The summed E-state index contributed by atoms with van der Waals surface area (Å²) in [5.74, 6) is 3.26. The summed E-state index contributed by atoms with van der Waals surface area (Å²) in [5, 5.41) is 11.3. The number of H-pyrrole nitrogens is 1. The number of terminal acetylenes is 1. The van der Waals surface area contributed by atoms with Gasteiger partial charge in [-0.2, -0.15) is 0 Å². The van der Waals surface area contributed by atoms with Crippen LogP contribution in [0.15, 0.2) is 42.5 Å². The maximum atomic E-state index is 13.9. The van der Waals surface area contributed by atoms with Crippen molar-refractivity contribution in [1.82, 2.24) is 19.7 Å². The molecule has 0 radical (unpaired) electrons. The fourth-order valence-corrected chi connectivity index (χ4v) is 5.72. The van der Waals surface area contributed by atoms with E-state index in [9.17, 15) is 14.7 Å². The maximum absolute atomic E-state index is 13.9. The molecule has 2 aromatic carbocycles. The number of phenols is 1. The van der Waals surface area contributed by atoms with E-state index in [1.165, 1.54) is 4.90 Å². The van der Waals surface area contributed by atoms with E-state index in [4.69, 9.17) is 11.2 Å². The summed E-state index contributed by atoms with van der Waals surface area (Å²) in [4.78, 5) is 36.3. The van der Waals surface area contributed by atoms with E-state index in [-0.39, 0.29) is 17.7 Å². The fraction of sp³-hybridized carbons (Fsp3) is 0.379. The molecule has 1 fully saturated rings. The zero-order valence-corrected chi connectivity index (χ0v) is 21.5. The zero-order valence-electron chi connectivity index (χ0n) is 21.5. The minimum absolute atomic E-state index is 0.104. The van der Waals surface area contributed by atoms with E-state index in [0.717, 1.165) is 33.5 Å². The molecule has 8 nitrogen and oxygen atoms in total. The summed E-state index contributed by atoms with van der Waals surface area (Å²) in [6.07, 6.45) is 6.40. The van der Waals surface area contributed by atoms with E-state index in [1.54, 1.807) is 23.1 Å². The number of aromatic nitrogens is 1. The Labute approximate surface area is 216 Å². The van der Waals surface area contributed by atoms with Gasteiger partial charge in [0, 0.05) is 36.1 Å². The van der Waals surface area contributed by atoms with Crippen LogP contribution in [-0.4, -0.2) is 75.6 Å². The number of hydrogen-bond acceptors (Lipinski definition) is 5. The van der Waals surface area contributed by atoms with Crippen LogP contribution in [0.5, 0.6) is 11.5 Å². The number of phenolic OH excluding ortho intramolecular Hbond substituents is 1. The fourth-order valence-electron chi connectivity index (χ4n) is 5.72. The zero-order chi connectivity index (χ0) is 26.3. The monoisotopic (exact) mass is 500 g/mol. The number of benzene rings is 2. The van der Waals surface area contributed by atoms with E-state index >= 15 is 0 Å². The van der Waals surface area contributed by atoms with Gasteiger partial charge < -0.3 is 14.8 Å². The van der Waals surface area contributed by atoms with Gasteiger partial charge in [0.05, 0.1) is 13.2 Å². The Morgan fingerprint density at radius 1 is 1.27 bits per heavy atom. The van der Waals surface area contributed by atoms with Crippen LogP contribution in [0.1, 0.15) is 43.1 Å². The molecule has 1 saturated heterocycles. The second-order valence-corrected chi connectivity index (χ2v) is 10.0. The highest BCUT2D eigenvalue weighted by molar-refractivity contribution is 6.08. The van der Waals surface area contributed by atoms with Gasteiger partial charge in [-0.05, 0) is 68.8 Å². The second kappa shape index (κ2) is 9.49. The van der Waals surface area contributed by atoms with E-state index < -0.39 is 11.6 Å². The van der Waals surface area contributed by atoms with Crippen molar-refractivity contribution in [3.05, 3.63) is 59.3 Å². The predicted molar refractivity (Wildman–Crippen MR) is 141 cm³/mol. The Balaban J connectivity index is 1.59. The highest BCUT2D eigenvalue weighted by Gasteiger charge is 2.60. The first-order valence-electron chi connectivity index (χ1n) is 12.6. The third-order valence-corrected chi connectivity index (χ3v) is 7.42. The summed E-state index contributed by atoms with van der Waals surface area (Å²) in [5.41, 5.74) is 2.42. The molecule has 2 N–H and O–H groups in total. The van der Waals surface area contributed by atoms with Crippen molar-refractivity contribution in [3.8, 4) is 23.8 Å². The van der Waals surface area contributed by atoms with Gasteiger partial charge in [0.1, 0.15) is 23.1 Å². The lowest BCUT2D eigenvalue weighted by molar-refractivity contribution is -0.133. The molecular formula is C29H32N4O4. The average Bonchev–Trinajstić information content (AvgIpc) is 3.30. The lowest BCUT2D eigenvalue weighted by Crippen LogP contribution is -2.53. The molecular weight excluding hydrogens is 468 g/mol. The molecule has 192 valence electrons. The predicted octanol–water partition coefficient (Wildman–Crippen LogP) is 3.90. The Morgan fingerprint density at radius 2 is 2.08 bits per heavy atom. The van der Waals surface area contributed by atoms with Gasteiger partial charge in [-0.1, -0.05) is 18.1 Å². The molecule has 5 rings (SSSR count). The number of carbonyl (C=O) groups excluding carboxylic acids is 2. The maximum Gasteiger partial charge on any atom is 0.328 e. The lowest BCUT2D eigenvalue weighted by Gasteiger charge is -2.42. The average molecular weight is 501 g/mol. The molecule has 0 unspecified atom stereocenters. The summed E-state index contributed by atoms with van der Waals surface area (Å²) in [6, 6.07) is 11.9. The molecule has 2 aliphatic rings. The first-order chi connectivity index (χ1) is 17.8. The van der Waals surface area contributed by atoms with Crippen molar-refractivity contribution in [2.24, 2.45) is 0 Å². The van der Waals surface area contributed by atoms with Gasteiger partial charge in [-0.25, -0.2) is 4.79 Å². The van der Waals surface area contributed by atoms with Crippen molar-refractivity contribution < 1.29 is 19.4 Å². The van der Waals surface area contributed by atoms with Crippen molar-refractivity contribution >= 4 is 22.8 Å².